The van der Waals surface area contributed by atoms with Crippen LogP contribution in [0.2, 0.25) is 0 Å². The minimum absolute atomic E-state index is 0.165. The van der Waals surface area contributed by atoms with Crippen LogP contribution in [0.15, 0.2) is 0 Å². The van der Waals surface area contributed by atoms with Crippen LogP contribution in [0, 0.1) is 5.92 Å². The van der Waals surface area contributed by atoms with Crippen LogP contribution >= 0.6 is 0 Å². The fourth-order valence-corrected chi connectivity index (χ4v) is 3.61. The van der Waals surface area contributed by atoms with E-state index in [0.29, 0.717) is 12.1 Å². The molecule has 4 nitrogen and oxygen atoms in total. The van der Waals surface area contributed by atoms with Crippen LogP contribution in [0.4, 0.5) is 4.79 Å². The fourth-order valence-electron chi connectivity index (χ4n) is 3.61. The van der Waals surface area contributed by atoms with E-state index in [2.05, 4.69) is 19.2 Å². The number of hydrogen-bond donors (Lipinski definition) is 1. The average Bonchev–Trinajstić information content (AvgIpc) is 2.75. The number of amides is 1. The molecule has 1 heterocycles. The van der Waals surface area contributed by atoms with Crippen molar-refractivity contribution in [3.8, 4) is 0 Å². The molecule has 0 aromatic rings. The number of rotatable bonds is 2. The summed E-state index contributed by atoms with van der Waals surface area (Å²) < 4.78 is 5.54. The molecule has 122 valence electrons. The van der Waals surface area contributed by atoms with Crippen molar-refractivity contribution in [1.82, 2.24) is 10.2 Å². The van der Waals surface area contributed by atoms with Gasteiger partial charge in [-0.3, -0.25) is 0 Å². The third-order valence-electron chi connectivity index (χ3n) is 4.76. The second kappa shape index (κ2) is 6.55. The number of nitrogens with one attached hydrogen (secondary N) is 1. The van der Waals surface area contributed by atoms with Crippen LogP contribution in [0.3, 0.4) is 0 Å². The zero-order chi connectivity index (χ0) is 15.6. The van der Waals surface area contributed by atoms with Gasteiger partial charge >= 0.3 is 6.09 Å². The zero-order valence-electron chi connectivity index (χ0n) is 14.3. The van der Waals surface area contributed by atoms with Gasteiger partial charge in [-0.15, -0.1) is 0 Å². The van der Waals surface area contributed by atoms with Gasteiger partial charge in [0.05, 0.1) is 0 Å². The molecule has 1 N–H and O–H groups in total. The van der Waals surface area contributed by atoms with Crippen molar-refractivity contribution < 1.29 is 9.53 Å². The van der Waals surface area contributed by atoms with Crippen molar-refractivity contribution in [2.75, 3.05) is 6.54 Å². The summed E-state index contributed by atoms with van der Waals surface area (Å²) in [5, 5.41) is 3.80. The summed E-state index contributed by atoms with van der Waals surface area (Å²) in [7, 11) is 0. The number of hydrogen-bond acceptors (Lipinski definition) is 3. The normalized spacial score (nSPS) is 34.0. The van der Waals surface area contributed by atoms with E-state index in [9.17, 15) is 4.79 Å². The molecule has 0 spiro atoms. The van der Waals surface area contributed by atoms with E-state index < -0.39 is 5.60 Å². The molecule has 2 fully saturated rings. The molecule has 1 amide bonds. The highest BCUT2D eigenvalue weighted by atomic mass is 16.6. The Morgan fingerprint density at radius 3 is 2.48 bits per heavy atom. The molecule has 1 saturated carbocycles. The van der Waals surface area contributed by atoms with Gasteiger partial charge in [0.1, 0.15) is 5.60 Å². The van der Waals surface area contributed by atoms with Crippen molar-refractivity contribution in [2.45, 2.75) is 90.4 Å². The molecule has 0 aromatic heterocycles. The molecular weight excluding hydrogens is 264 g/mol. The molecule has 4 heteroatoms. The maximum atomic E-state index is 12.3. The Labute approximate surface area is 129 Å². The number of nitrogens with zero attached hydrogens (tertiary/aromatic N) is 1. The lowest BCUT2D eigenvalue weighted by Gasteiger charge is -2.41. The maximum absolute atomic E-state index is 12.3. The minimum Gasteiger partial charge on any atom is -0.444 e. The van der Waals surface area contributed by atoms with Gasteiger partial charge < -0.3 is 15.0 Å². The fraction of sp³-hybridized carbons (Fsp3) is 0.941. The van der Waals surface area contributed by atoms with Crippen LogP contribution in [-0.4, -0.2) is 41.3 Å². The summed E-state index contributed by atoms with van der Waals surface area (Å²) in [6.45, 7) is 11.1. The summed E-state index contributed by atoms with van der Waals surface area (Å²) in [5.74, 6) is 0.836. The van der Waals surface area contributed by atoms with Crippen molar-refractivity contribution in [3.63, 3.8) is 0 Å². The molecule has 2 aliphatic rings. The first kappa shape index (κ1) is 16.6. The Balaban J connectivity index is 1.91. The van der Waals surface area contributed by atoms with E-state index >= 15 is 0 Å². The number of carbonyl (C=O) groups is 1. The van der Waals surface area contributed by atoms with Crippen LogP contribution in [-0.2, 0) is 4.74 Å². The SMILES string of the molecule is CC1CCC(NC2CCCN(C(=O)OC(C)(C)C)C2C)C1. The molecule has 4 unspecified atom stereocenters. The maximum Gasteiger partial charge on any atom is 0.410 e. The second-order valence-corrected chi connectivity index (χ2v) is 7.94. The van der Waals surface area contributed by atoms with Crippen molar-refractivity contribution >= 4 is 6.09 Å². The largest absolute Gasteiger partial charge is 0.444 e. The van der Waals surface area contributed by atoms with Gasteiger partial charge in [-0.1, -0.05) is 6.92 Å². The molecule has 0 bridgehead atoms. The van der Waals surface area contributed by atoms with E-state index in [4.69, 9.17) is 4.74 Å². The first-order valence-electron chi connectivity index (χ1n) is 8.52. The average molecular weight is 296 g/mol. The zero-order valence-corrected chi connectivity index (χ0v) is 14.3. The van der Waals surface area contributed by atoms with Gasteiger partial charge in [0.15, 0.2) is 0 Å². The van der Waals surface area contributed by atoms with E-state index in [0.717, 1.165) is 25.3 Å². The highest BCUT2D eigenvalue weighted by Crippen LogP contribution is 2.27. The third kappa shape index (κ3) is 4.60. The summed E-state index contributed by atoms with van der Waals surface area (Å²) in [4.78, 5) is 14.2. The van der Waals surface area contributed by atoms with E-state index in [1.54, 1.807) is 0 Å². The Bertz CT molecular complexity index is 364. The number of ether oxygens (including phenoxy) is 1. The van der Waals surface area contributed by atoms with Crippen LogP contribution in [0.5, 0.6) is 0 Å². The van der Waals surface area contributed by atoms with Gasteiger partial charge in [0, 0.05) is 24.7 Å². The molecule has 21 heavy (non-hydrogen) atoms. The van der Waals surface area contributed by atoms with Crippen LogP contribution in [0.1, 0.15) is 66.7 Å². The van der Waals surface area contributed by atoms with Crippen LogP contribution < -0.4 is 5.32 Å². The first-order chi connectivity index (χ1) is 9.76. The van der Waals surface area contributed by atoms with Gasteiger partial charge in [-0.25, -0.2) is 4.79 Å². The summed E-state index contributed by atoms with van der Waals surface area (Å²) in [5.41, 5.74) is -0.419. The standard InChI is InChI=1S/C17H32N2O2/c1-12-8-9-14(11-12)18-15-7-6-10-19(13(15)2)16(20)21-17(3,4)5/h12-15,18H,6-11H2,1-5H3. The van der Waals surface area contributed by atoms with E-state index in [1.807, 2.05) is 25.7 Å². The van der Waals surface area contributed by atoms with Gasteiger partial charge in [0.2, 0.25) is 0 Å². The van der Waals surface area contributed by atoms with E-state index in [-0.39, 0.29) is 12.1 Å². The predicted molar refractivity (Wildman–Crippen MR) is 85.4 cm³/mol. The first-order valence-corrected chi connectivity index (χ1v) is 8.52. The number of carbonyl (C=O) groups excluding carboxylic acids is 1. The Morgan fingerprint density at radius 1 is 1.19 bits per heavy atom. The molecule has 1 saturated heterocycles. The predicted octanol–water partition coefficient (Wildman–Crippen LogP) is 3.55. The van der Waals surface area contributed by atoms with Crippen molar-refractivity contribution in [3.05, 3.63) is 0 Å². The lowest BCUT2D eigenvalue weighted by Crippen LogP contribution is -2.56. The minimum atomic E-state index is -0.419. The Morgan fingerprint density at radius 2 is 1.90 bits per heavy atom. The Kier molecular flexibility index (Phi) is 5.18. The monoisotopic (exact) mass is 296 g/mol. The number of likely N-dealkylation sites (tertiary alicyclic amines) is 1. The van der Waals surface area contributed by atoms with Gasteiger partial charge in [-0.05, 0) is 65.7 Å². The van der Waals surface area contributed by atoms with Gasteiger partial charge in [0.25, 0.3) is 0 Å². The van der Waals surface area contributed by atoms with Crippen molar-refractivity contribution in [1.29, 1.82) is 0 Å². The van der Waals surface area contributed by atoms with Crippen molar-refractivity contribution in [2.24, 2.45) is 5.92 Å². The molecule has 0 radical (unpaired) electrons. The highest BCUT2D eigenvalue weighted by molar-refractivity contribution is 5.68. The number of piperidine rings is 1. The molecule has 0 aromatic carbocycles. The summed E-state index contributed by atoms with van der Waals surface area (Å²) in [6, 6.07) is 1.25. The Hall–Kier alpha value is -0.770. The quantitative estimate of drug-likeness (QED) is 0.847. The third-order valence-corrected chi connectivity index (χ3v) is 4.76. The second-order valence-electron chi connectivity index (χ2n) is 7.94. The molecule has 1 aliphatic carbocycles. The lowest BCUT2D eigenvalue weighted by atomic mass is 9.96. The van der Waals surface area contributed by atoms with Crippen LogP contribution in [0.25, 0.3) is 0 Å². The summed E-state index contributed by atoms with van der Waals surface area (Å²) >= 11 is 0. The lowest BCUT2D eigenvalue weighted by molar-refractivity contribution is 0.00633. The smallest absolute Gasteiger partial charge is 0.410 e. The molecule has 4 atom stereocenters. The van der Waals surface area contributed by atoms with E-state index in [1.165, 1.54) is 19.3 Å². The highest BCUT2D eigenvalue weighted by Gasteiger charge is 2.35. The van der Waals surface area contributed by atoms with Gasteiger partial charge in [-0.2, -0.15) is 0 Å². The molecule has 2 rings (SSSR count). The molecular formula is C17H32N2O2. The topological polar surface area (TPSA) is 41.6 Å². The molecule has 1 aliphatic heterocycles. The summed E-state index contributed by atoms with van der Waals surface area (Å²) in [6.07, 6.45) is 5.93.